The molecule has 2 heterocycles. The van der Waals surface area contributed by atoms with Gasteiger partial charge in [0.15, 0.2) is 12.4 Å². The van der Waals surface area contributed by atoms with Crippen LogP contribution < -0.4 is 4.73 Å². The standard InChI is InChI=1S/C10H12BrNO2.C8H18O2Si.C5H4BrNO.CH4/c1-10(2,9(13)14-3)8-6-7(11)4-5-12-8;1-7(2)8(9-3)10-11(4,5)6;6-5-1-3-7(8)4-2-5;/h4-6H,1-3H3;1-6H3;1-4H;1H4. The summed E-state index contributed by atoms with van der Waals surface area (Å²) in [6.07, 6.45) is 4.53. The molecule has 0 aromatic carbocycles. The number of rotatable bonds is 5. The Morgan fingerprint density at radius 1 is 1.03 bits per heavy atom. The largest absolute Gasteiger partial charge is 0.619 e. The number of ether oxygens (including phenoxy) is 2. The van der Waals surface area contributed by atoms with Crippen molar-refractivity contribution in [3.05, 3.63) is 74.2 Å². The van der Waals surface area contributed by atoms with Gasteiger partial charge in [-0.3, -0.25) is 9.78 Å². The molecule has 0 bridgehead atoms. The van der Waals surface area contributed by atoms with Crippen molar-refractivity contribution in [2.75, 3.05) is 14.2 Å². The molecular weight excluding hydrogens is 584 g/mol. The summed E-state index contributed by atoms with van der Waals surface area (Å²) in [5.41, 5.74) is 1.08. The van der Waals surface area contributed by atoms with Crippen molar-refractivity contribution in [2.24, 2.45) is 0 Å². The molecule has 0 N–H and O–H groups in total. The normalized spacial score (nSPS) is 10.2. The molecule has 0 fully saturated rings. The molecule has 0 aliphatic heterocycles. The number of hydrogen-bond acceptors (Lipinski definition) is 6. The van der Waals surface area contributed by atoms with Crippen molar-refractivity contribution in [1.29, 1.82) is 0 Å². The number of carbonyl (C=O) groups is 1. The minimum Gasteiger partial charge on any atom is -0.619 e. The van der Waals surface area contributed by atoms with E-state index in [0.717, 1.165) is 19.2 Å². The van der Waals surface area contributed by atoms with Crippen molar-refractivity contribution in [3.8, 4) is 0 Å². The van der Waals surface area contributed by atoms with Crippen LogP contribution >= 0.6 is 31.9 Å². The van der Waals surface area contributed by atoms with Gasteiger partial charge in [-0.1, -0.05) is 39.3 Å². The third-order valence-corrected chi connectivity index (χ3v) is 5.63. The first-order chi connectivity index (χ1) is 15.1. The molecule has 0 saturated carbocycles. The smallest absolute Gasteiger partial charge is 0.317 e. The van der Waals surface area contributed by atoms with Gasteiger partial charge in [0.1, 0.15) is 5.41 Å². The maximum Gasteiger partial charge on any atom is 0.317 e. The molecule has 2 rings (SSSR count). The maximum atomic E-state index is 11.5. The second kappa shape index (κ2) is 15.9. The Morgan fingerprint density at radius 3 is 1.88 bits per heavy atom. The second-order valence-electron chi connectivity index (χ2n) is 8.56. The van der Waals surface area contributed by atoms with E-state index in [0.29, 0.717) is 11.6 Å². The van der Waals surface area contributed by atoms with Crippen LogP contribution in [-0.4, -0.2) is 33.5 Å². The zero-order valence-electron chi connectivity index (χ0n) is 20.7. The van der Waals surface area contributed by atoms with Crippen LogP contribution in [0.4, 0.5) is 0 Å². The molecule has 7 nitrogen and oxygen atoms in total. The minimum atomic E-state index is -1.49. The summed E-state index contributed by atoms with van der Waals surface area (Å²) in [5, 5.41) is 10.3. The van der Waals surface area contributed by atoms with Gasteiger partial charge in [-0.2, -0.15) is 4.73 Å². The van der Waals surface area contributed by atoms with E-state index < -0.39 is 13.7 Å². The molecule has 2 aromatic rings. The van der Waals surface area contributed by atoms with Crippen LogP contribution in [0.2, 0.25) is 19.6 Å². The van der Waals surface area contributed by atoms with Gasteiger partial charge in [0.25, 0.3) is 5.95 Å². The summed E-state index contributed by atoms with van der Waals surface area (Å²) in [6.45, 7) is 13.9. The Morgan fingerprint density at radius 2 is 1.56 bits per heavy atom. The number of esters is 1. The number of pyridine rings is 2. The first-order valence-corrected chi connectivity index (χ1v) is 15.1. The first kappa shape index (κ1) is 34.3. The van der Waals surface area contributed by atoms with Gasteiger partial charge in [0.2, 0.25) is 8.32 Å². The number of hydrogen-bond donors (Lipinski definition) is 0. The Kier molecular flexibility index (Phi) is 16.0. The van der Waals surface area contributed by atoms with E-state index in [2.05, 4.69) is 56.5 Å². The zero-order chi connectivity index (χ0) is 25.8. The maximum absolute atomic E-state index is 11.5. The van der Waals surface area contributed by atoms with E-state index in [9.17, 15) is 10.0 Å². The van der Waals surface area contributed by atoms with Gasteiger partial charge in [-0.15, -0.1) is 0 Å². The van der Waals surface area contributed by atoms with Gasteiger partial charge in [0, 0.05) is 32.8 Å². The number of allylic oxidation sites excluding steroid dienone is 1. The summed E-state index contributed by atoms with van der Waals surface area (Å²) < 4.78 is 18.0. The van der Waals surface area contributed by atoms with E-state index in [1.165, 1.54) is 19.5 Å². The molecule has 0 unspecified atom stereocenters. The van der Waals surface area contributed by atoms with Gasteiger partial charge >= 0.3 is 5.97 Å². The average molecular weight is 622 g/mol. The summed E-state index contributed by atoms with van der Waals surface area (Å²) >= 11 is 6.53. The highest BCUT2D eigenvalue weighted by molar-refractivity contribution is 9.10. The lowest BCUT2D eigenvalue weighted by Gasteiger charge is -2.21. The Labute approximate surface area is 222 Å². The predicted molar refractivity (Wildman–Crippen MR) is 147 cm³/mol. The average Bonchev–Trinajstić information content (AvgIpc) is 2.73. The molecule has 0 amide bonds. The number of halogens is 2. The van der Waals surface area contributed by atoms with Gasteiger partial charge in [-0.05, 0) is 59.5 Å². The summed E-state index contributed by atoms with van der Waals surface area (Å²) in [5.74, 6) is 0.396. The molecule has 0 aliphatic carbocycles. The van der Waals surface area contributed by atoms with Crippen LogP contribution in [-0.2, 0) is 24.1 Å². The summed E-state index contributed by atoms with van der Waals surface area (Å²) in [4.78, 5) is 15.6. The SMILES string of the molecule is C.COC(=O)C(C)(C)c1cc(Br)ccn1.COC(O[Si](C)(C)C)=C(C)C.[O-][n+]1ccc(Br)cc1. The Hall–Kier alpha value is -1.91. The lowest BCUT2D eigenvalue weighted by molar-refractivity contribution is -0.605. The molecule has 0 aliphatic rings. The van der Waals surface area contributed by atoms with Crippen LogP contribution in [0.3, 0.4) is 0 Å². The van der Waals surface area contributed by atoms with Crippen LogP contribution in [0.1, 0.15) is 40.8 Å². The Balaban J connectivity index is 0. The van der Waals surface area contributed by atoms with Crippen molar-refractivity contribution in [3.63, 3.8) is 0 Å². The lowest BCUT2D eigenvalue weighted by Crippen LogP contribution is -2.31. The summed E-state index contributed by atoms with van der Waals surface area (Å²) in [7, 11) is 1.53. The fraction of sp³-hybridized carbons (Fsp3) is 0.458. The van der Waals surface area contributed by atoms with Crippen LogP contribution in [0.15, 0.2) is 63.3 Å². The highest BCUT2D eigenvalue weighted by atomic mass is 79.9. The molecule has 192 valence electrons. The molecule has 0 saturated heterocycles. The third-order valence-electron chi connectivity index (χ3n) is 3.81. The van der Waals surface area contributed by atoms with E-state index in [-0.39, 0.29) is 13.4 Å². The van der Waals surface area contributed by atoms with Crippen LogP contribution in [0.25, 0.3) is 0 Å². The monoisotopic (exact) mass is 620 g/mol. The fourth-order valence-electron chi connectivity index (χ4n) is 2.13. The lowest BCUT2D eigenvalue weighted by atomic mass is 9.89. The van der Waals surface area contributed by atoms with Crippen molar-refractivity contribution in [1.82, 2.24) is 4.98 Å². The van der Waals surface area contributed by atoms with E-state index in [4.69, 9.17) is 13.9 Å². The van der Waals surface area contributed by atoms with Crippen molar-refractivity contribution < 1.29 is 23.4 Å². The molecule has 0 radical (unpaired) electrons. The van der Waals surface area contributed by atoms with Crippen LogP contribution in [0, 0.1) is 5.21 Å². The zero-order valence-corrected chi connectivity index (χ0v) is 24.9. The first-order valence-electron chi connectivity index (χ1n) is 10.1. The number of carbonyl (C=O) groups excluding carboxylic acids is 1. The molecule has 10 heteroatoms. The number of nitrogens with zero attached hydrogens (tertiary/aromatic N) is 2. The Bertz CT molecular complexity index is 889. The summed E-state index contributed by atoms with van der Waals surface area (Å²) in [6, 6.07) is 7.01. The number of aromatic nitrogens is 2. The van der Waals surface area contributed by atoms with Crippen LogP contribution in [0.5, 0.6) is 0 Å². The number of methoxy groups -OCH3 is 2. The van der Waals surface area contributed by atoms with Crippen molar-refractivity contribution in [2.45, 2.75) is 60.2 Å². The van der Waals surface area contributed by atoms with E-state index in [1.807, 2.05) is 26.0 Å². The topological polar surface area (TPSA) is 84.6 Å². The molecule has 2 aromatic heterocycles. The quantitative estimate of drug-likeness (QED) is 0.121. The molecule has 0 atom stereocenters. The van der Waals surface area contributed by atoms with E-state index in [1.54, 1.807) is 39.3 Å². The third kappa shape index (κ3) is 13.7. The fourth-order valence-corrected chi connectivity index (χ4v) is 3.54. The second-order valence-corrected chi connectivity index (χ2v) is 14.8. The van der Waals surface area contributed by atoms with E-state index >= 15 is 0 Å². The minimum absolute atomic E-state index is 0. The highest BCUT2D eigenvalue weighted by Crippen LogP contribution is 2.24. The van der Waals surface area contributed by atoms with Gasteiger partial charge in [0.05, 0.1) is 19.9 Å². The van der Waals surface area contributed by atoms with Gasteiger partial charge in [-0.25, -0.2) is 0 Å². The van der Waals surface area contributed by atoms with Crippen molar-refractivity contribution >= 4 is 46.1 Å². The van der Waals surface area contributed by atoms with Gasteiger partial charge < -0.3 is 19.1 Å². The molecule has 34 heavy (non-hydrogen) atoms. The molecule has 0 spiro atoms. The molecular formula is C24H38Br2N2O5Si. The highest BCUT2D eigenvalue weighted by Gasteiger charge is 2.32. The predicted octanol–water partition coefficient (Wildman–Crippen LogP) is 6.75.